The average Bonchev–Trinajstić information content (AvgIpc) is 3.45. The number of rotatable bonds is 6. The van der Waals surface area contributed by atoms with E-state index in [-0.39, 0.29) is 6.04 Å². The summed E-state index contributed by atoms with van der Waals surface area (Å²) >= 11 is 0. The summed E-state index contributed by atoms with van der Waals surface area (Å²) in [5, 5.41) is 19.9. The van der Waals surface area contributed by atoms with Crippen LogP contribution in [0.1, 0.15) is 43.7 Å². The predicted octanol–water partition coefficient (Wildman–Crippen LogP) is 0.250. The Balaban J connectivity index is 1.43. The van der Waals surface area contributed by atoms with E-state index < -0.39 is 0 Å². The van der Waals surface area contributed by atoms with Crippen LogP contribution in [0.4, 0.5) is 0 Å². The minimum Gasteiger partial charge on any atom is -0.355 e. The van der Waals surface area contributed by atoms with E-state index >= 15 is 0 Å². The molecule has 29 heavy (non-hydrogen) atoms. The molecule has 10 heteroatoms. The van der Waals surface area contributed by atoms with Crippen molar-refractivity contribution in [3.05, 3.63) is 23.8 Å². The molecule has 158 valence electrons. The normalized spacial score (nSPS) is 22.7. The standard InChI is InChI=1S/C19H32N10/c1-4-28-9-5-6-16(28)10-20-19(21-11-18-26-25-14(2)27(18)3)24-15-7-8-17-22-13-23-29(17)12-15/h13,15-16H,4-12H2,1-3H3,(H2,20,21,24). The first kappa shape index (κ1) is 19.8. The molecule has 2 aromatic heterocycles. The molecule has 4 rings (SSSR count). The number of guanidine groups is 1. The molecule has 0 aromatic carbocycles. The lowest BCUT2D eigenvalue weighted by Crippen LogP contribution is -2.50. The van der Waals surface area contributed by atoms with Crippen molar-refractivity contribution in [2.45, 2.75) is 64.7 Å². The van der Waals surface area contributed by atoms with Crippen molar-refractivity contribution in [3.63, 3.8) is 0 Å². The van der Waals surface area contributed by atoms with Gasteiger partial charge < -0.3 is 15.2 Å². The second-order valence-electron chi connectivity index (χ2n) is 7.93. The molecule has 1 fully saturated rings. The van der Waals surface area contributed by atoms with Gasteiger partial charge in [0, 0.05) is 32.1 Å². The summed E-state index contributed by atoms with van der Waals surface area (Å²) in [7, 11) is 1.98. The van der Waals surface area contributed by atoms with Crippen molar-refractivity contribution >= 4 is 5.96 Å². The second-order valence-corrected chi connectivity index (χ2v) is 7.93. The zero-order valence-electron chi connectivity index (χ0n) is 17.7. The van der Waals surface area contributed by atoms with E-state index in [9.17, 15) is 0 Å². The van der Waals surface area contributed by atoms with Gasteiger partial charge in [-0.05, 0) is 39.3 Å². The quantitative estimate of drug-likeness (QED) is 0.529. The number of nitrogens with zero attached hydrogens (tertiary/aromatic N) is 8. The zero-order chi connectivity index (χ0) is 20.2. The first-order valence-corrected chi connectivity index (χ1v) is 10.6. The van der Waals surface area contributed by atoms with Crippen molar-refractivity contribution in [2.75, 3.05) is 19.6 Å². The summed E-state index contributed by atoms with van der Waals surface area (Å²) in [4.78, 5) is 11.7. The number of aromatic nitrogens is 6. The predicted molar refractivity (Wildman–Crippen MR) is 110 cm³/mol. The van der Waals surface area contributed by atoms with Crippen LogP contribution in [0, 0.1) is 6.92 Å². The monoisotopic (exact) mass is 400 g/mol. The van der Waals surface area contributed by atoms with E-state index in [4.69, 9.17) is 4.99 Å². The Hall–Kier alpha value is -2.49. The summed E-state index contributed by atoms with van der Waals surface area (Å²) < 4.78 is 3.97. The molecule has 2 unspecified atom stereocenters. The van der Waals surface area contributed by atoms with E-state index in [1.165, 1.54) is 19.4 Å². The first-order chi connectivity index (χ1) is 14.1. The van der Waals surface area contributed by atoms with Gasteiger partial charge in [0.05, 0.1) is 6.54 Å². The Labute approximate surface area is 171 Å². The third-order valence-electron chi connectivity index (χ3n) is 6.12. The molecule has 0 bridgehead atoms. The van der Waals surface area contributed by atoms with Crippen LogP contribution in [-0.2, 0) is 26.6 Å². The van der Waals surface area contributed by atoms with Crippen LogP contribution in [0.25, 0.3) is 0 Å². The molecular formula is C19H32N10. The maximum atomic E-state index is 4.82. The molecule has 4 heterocycles. The summed E-state index contributed by atoms with van der Waals surface area (Å²) in [6.45, 7) is 8.69. The van der Waals surface area contributed by atoms with E-state index in [2.05, 4.69) is 42.7 Å². The maximum Gasteiger partial charge on any atom is 0.192 e. The molecule has 2 N–H and O–H groups in total. The lowest BCUT2D eigenvalue weighted by Gasteiger charge is -2.27. The lowest BCUT2D eigenvalue weighted by atomic mass is 10.1. The zero-order valence-corrected chi connectivity index (χ0v) is 17.7. The van der Waals surface area contributed by atoms with Gasteiger partial charge in [-0.25, -0.2) is 14.7 Å². The molecule has 10 nitrogen and oxygen atoms in total. The molecule has 1 saturated heterocycles. The van der Waals surface area contributed by atoms with Crippen molar-refractivity contribution in [3.8, 4) is 0 Å². The van der Waals surface area contributed by atoms with Gasteiger partial charge in [-0.1, -0.05) is 6.92 Å². The van der Waals surface area contributed by atoms with Crippen LogP contribution in [0.5, 0.6) is 0 Å². The number of likely N-dealkylation sites (N-methyl/N-ethyl adjacent to an activating group) is 1. The topological polar surface area (TPSA) is 101 Å². The van der Waals surface area contributed by atoms with Crippen molar-refractivity contribution in [1.82, 2.24) is 45.1 Å². The fourth-order valence-electron chi connectivity index (χ4n) is 4.20. The molecule has 0 radical (unpaired) electrons. The Kier molecular flexibility index (Phi) is 6.08. The fourth-order valence-corrected chi connectivity index (χ4v) is 4.20. The maximum absolute atomic E-state index is 4.82. The highest BCUT2D eigenvalue weighted by molar-refractivity contribution is 5.80. The molecule has 0 spiro atoms. The highest BCUT2D eigenvalue weighted by atomic mass is 15.4. The molecule has 2 atom stereocenters. The number of aliphatic imine (C=N–C) groups is 1. The summed E-state index contributed by atoms with van der Waals surface area (Å²) in [6.07, 6.45) is 6.10. The van der Waals surface area contributed by atoms with E-state index in [0.717, 1.165) is 55.9 Å². The van der Waals surface area contributed by atoms with Crippen LogP contribution >= 0.6 is 0 Å². The molecule has 2 aromatic rings. The van der Waals surface area contributed by atoms with E-state index in [1.54, 1.807) is 6.33 Å². The summed E-state index contributed by atoms with van der Waals surface area (Å²) in [5.74, 6) is 3.66. The van der Waals surface area contributed by atoms with Gasteiger partial charge in [-0.3, -0.25) is 4.90 Å². The molecule has 2 aliphatic heterocycles. The van der Waals surface area contributed by atoms with Gasteiger partial charge in [-0.15, -0.1) is 10.2 Å². The highest BCUT2D eigenvalue weighted by Crippen LogP contribution is 2.16. The van der Waals surface area contributed by atoms with E-state index in [1.807, 2.05) is 23.2 Å². The minimum absolute atomic E-state index is 0.280. The van der Waals surface area contributed by atoms with Gasteiger partial charge in [0.2, 0.25) is 0 Å². The summed E-state index contributed by atoms with van der Waals surface area (Å²) in [6, 6.07) is 0.847. The number of likely N-dealkylation sites (tertiary alicyclic amines) is 1. The van der Waals surface area contributed by atoms with Crippen LogP contribution in [-0.4, -0.2) is 72.1 Å². The molecule has 0 aliphatic carbocycles. The van der Waals surface area contributed by atoms with Crippen LogP contribution < -0.4 is 10.6 Å². The average molecular weight is 401 g/mol. The molecular weight excluding hydrogens is 368 g/mol. The van der Waals surface area contributed by atoms with Crippen molar-refractivity contribution < 1.29 is 0 Å². The van der Waals surface area contributed by atoms with E-state index in [0.29, 0.717) is 12.6 Å². The van der Waals surface area contributed by atoms with Crippen LogP contribution in [0.2, 0.25) is 0 Å². The number of aryl methyl sites for hydroxylation is 2. The van der Waals surface area contributed by atoms with Crippen LogP contribution in [0.15, 0.2) is 11.3 Å². The third-order valence-corrected chi connectivity index (χ3v) is 6.12. The number of nitrogens with one attached hydrogen (secondary N) is 2. The third kappa shape index (κ3) is 4.58. The number of fused-ring (bicyclic) bond motifs is 1. The first-order valence-electron chi connectivity index (χ1n) is 10.6. The molecule has 0 amide bonds. The Morgan fingerprint density at radius 1 is 1.31 bits per heavy atom. The number of hydrogen-bond acceptors (Lipinski definition) is 6. The Morgan fingerprint density at radius 2 is 2.21 bits per heavy atom. The van der Waals surface area contributed by atoms with Crippen molar-refractivity contribution in [2.24, 2.45) is 12.0 Å². The minimum atomic E-state index is 0.280. The van der Waals surface area contributed by atoms with Gasteiger partial charge in [0.1, 0.15) is 24.5 Å². The van der Waals surface area contributed by atoms with Crippen LogP contribution in [0.3, 0.4) is 0 Å². The largest absolute Gasteiger partial charge is 0.355 e. The lowest BCUT2D eigenvalue weighted by molar-refractivity contribution is 0.266. The SMILES string of the molecule is CCN1CCCC1CNC(=NCc1nnc(C)n1C)NC1CCc2ncnn2C1. The fraction of sp³-hybridized carbons (Fsp3) is 0.737. The van der Waals surface area contributed by atoms with Gasteiger partial charge >= 0.3 is 0 Å². The molecule has 0 saturated carbocycles. The van der Waals surface area contributed by atoms with Gasteiger partial charge in [0.25, 0.3) is 0 Å². The highest BCUT2D eigenvalue weighted by Gasteiger charge is 2.24. The van der Waals surface area contributed by atoms with Gasteiger partial charge in [-0.2, -0.15) is 5.10 Å². The smallest absolute Gasteiger partial charge is 0.192 e. The Morgan fingerprint density at radius 3 is 3.00 bits per heavy atom. The second kappa shape index (κ2) is 8.89. The Bertz CT molecular complexity index is 838. The summed E-state index contributed by atoms with van der Waals surface area (Å²) in [5.41, 5.74) is 0. The van der Waals surface area contributed by atoms with Crippen molar-refractivity contribution in [1.29, 1.82) is 0 Å². The van der Waals surface area contributed by atoms with Gasteiger partial charge in [0.15, 0.2) is 11.8 Å². The number of hydrogen-bond donors (Lipinski definition) is 2. The molecule has 2 aliphatic rings.